The fraction of sp³-hybridized carbons (Fsp3) is 0.375. The molecule has 140 valence electrons. The molecule has 0 saturated carbocycles. The van der Waals surface area contributed by atoms with Crippen LogP contribution in [0.25, 0.3) is 0 Å². The van der Waals surface area contributed by atoms with Gasteiger partial charge < -0.3 is 15.3 Å². The van der Waals surface area contributed by atoms with Crippen LogP contribution in [-0.2, 0) is 9.59 Å². The zero-order valence-electron chi connectivity index (χ0n) is 13.6. The van der Waals surface area contributed by atoms with E-state index in [1.807, 2.05) is 4.90 Å². The fourth-order valence-electron chi connectivity index (χ4n) is 2.65. The summed E-state index contributed by atoms with van der Waals surface area (Å²) in [6.07, 6.45) is 0.963. The van der Waals surface area contributed by atoms with Gasteiger partial charge in [-0.15, -0.1) is 23.5 Å². The average molecular weight is 454 g/mol. The van der Waals surface area contributed by atoms with Gasteiger partial charge in [0.25, 0.3) is 0 Å². The minimum absolute atomic E-state index is 0.193. The number of aliphatic carboxylic acids is 1. The smallest absolute Gasteiger partial charge is 0.354 e. The highest BCUT2D eigenvalue weighted by molar-refractivity contribution is 8.00. The van der Waals surface area contributed by atoms with E-state index in [-0.39, 0.29) is 17.0 Å². The minimum atomic E-state index is -1.02. The molecule has 1 unspecified atom stereocenters. The fourth-order valence-corrected chi connectivity index (χ4v) is 5.53. The van der Waals surface area contributed by atoms with E-state index in [0.717, 1.165) is 6.42 Å². The topological polar surface area (TPSA) is 69.6 Å². The van der Waals surface area contributed by atoms with Crippen LogP contribution in [-0.4, -0.2) is 44.8 Å². The lowest BCUT2D eigenvalue weighted by Gasteiger charge is -2.46. The largest absolute Gasteiger partial charge is 0.477 e. The highest BCUT2D eigenvalue weighted by Crippen LogP contribution is 2.39. The van der Waals surface area contributed by atoms with Crippen molar-refractivity contribution in [2.24, 2.45) is 0 Å². The minimum Gasteiger partial charge on any atom is -0.477 e. The Morgan fingerprint density at radius 1 is 1.31 bits per heavy atom. The van der Waals surface area contributed by atoms with Crippen molar-refractivity contribution < 1.29 is 14.7 Å². The number of fused-ring (bicyclic) bond motifs is 1. The molecule has 1 saturated heterocycles. The normalized spacial score (nSPS) is 20.3. The summed E-state index contributed by atoms with van der Waals surface area (Å²) in [5, 5.41) is 13.1. The maximum absolute atomic E-state index is 12.6. The number of carboxylic acid groups (broad SMARTS) is 1. The van der Waals surface area contributed by atoms with Crippen molar-refractivity contribution in [1.82, 2.24) is 10.2 Å². The van der Waals surface area contributed by atoms with Crippen molar-refractivity contribution in [2.45, 2.75) is 28.9 Å². The third-order valence-corrected chi connectivity index (χ3v) is 7.72. The zero-order chi connectivity index (χ0) is 19.0. The Morgan fingerprint density at radius 3 is 2.62 bits per heavy atom. The van der Waals surface area contributed by atoms with Gasteiger partial charge in [0.1, 0.15) is 5.70 Å². The van der Waals surface area contributed by atoms with Crippen molar-refractivity contribution in [2.75, 3.05) is 12.3 Å². The molecule has 0 aromatic heterocycles. The van der Waals surface area contributed by atoms with Crippen LogP contribution in [0.5, 0.6) is 0 Å². The van der Waals surface area contributed by atoms with Crippen LogP contribution >= 0.6 is 58.3 Å². The average Bonchev–Trinajstić information content (AvgIpc) is 2.54. The molecule has 2 aliphatic rings. The van der Waals surface area contributed by atoms with Crippen LogP contribution in [0.3, 0.4) is 0 Å². The van der Waals surface area contributed by atoms with Gasteiger partial charge in [-0.2, -0.15) is 0 Å². The van der Waals surface area contributed by atoms with Gasteiger partial charge in [0.05, 0.1) is 31.4 Å². The van der Waals surface area contributed by atoms with Gasteiger partial charge in [0.2, 0.25) is 5.91 Å². The molecule has 1 fully saturated rings. The highest BCUT2D eigenvalue weighted by Gasteiger charge is 2.39. The van der Waals surface area contributed by atoms with Gasteiger partial charge in [-0.05, 0) is 25.5 Å². The Kier molecular flexibility index (Phi) is 6.24. The van der Waals surface area contributed by atoms with E-state index in [2.05, 4.69) is 5.32 Å². The molecule has 0 bridgehead atoms. The first-order chi connectivity index (χ1) is 12.3. The number of hydrogen-bond donors (Lipinski definition) is 2. The molecular formula is C16H15Cl3N2O3S2. The molecule has 2 aliphatic heterocycles. The van der Waals surface area contributed by atoms with Crippen LogP contribution < -0.4 is 5.32 Å². The molecule has 0 spiro atoms. The maximum atomic E-state index is 12.6. The monoisotopic (exact) mass is 452 g/mol. The van der Waals surface area contributed by atoms with Crippen molar-refractivity contribution >= 4 is 70.2 Å². The van der Waals surface area contributed by atoms with Crippen molar-refractivity contribution in [1.29, 1.82) is 0 Å². The zero-order valence-corrected chi connectivity index (χ0v) is 17.5. The van der Waals surface area contributed by atoms with Crippen LogP contribution in [0, 0.1) is 0 Å². The molecule has 2 atom stereocenters. The Bertz CT molecular complexity index is 803. The summed E-state index contributed by atoms with van der Waals surface area (Å²) in [7, 11) is 0. The second kappa shape index (κ2) is 8.10. The number of nitrogens with zero attached hydrogens (tertiary/aromatic N) is 1. The van der Waals surface area contributed by atoms with E-state index in [4.69, 9.17) is 34.8 Å². The van der Waals surface area contributed by atoms with Crippen LogP contribution in [0.1, 0.15) is 13.3 Å². The van der Waals surface area contributed by atoms with Gasteiger partial charge >= 0.3 is 5.97 Å². The SMILES string of the molecule is C[C@H](Sc1cc(Cl)c(Cl)cc1Cl)C(=O)NC1=C(C(=O)O)N2CCC2SC1. The van der Waals surface area contributed by atoms with Gasteiger partial charge in [-0.1, -0.05) is 34.8 Å². The summed E-state index contributed by atoms with van der Waals surface area (Å²) >= 11 is 21.0. The van der Waals surface area contributed by atoms with Crippen LogP contribution in [0.15, 0.2) is 28.4 Å². The number of rotatable bonds is 5. The maximum Gasteiger partial charge on any atom is 0.354 e. The van der Waals surface area contributed by atoms with E-state index in [1.54, 1.807) is 24.8 Å². The predicted molar refractivity (Wildman–Crippen MR) is 107 cm³/mol. The lowest BCUT2D eigenvalue weighted by atomic mass is 10.1. The lowest BCUT2D eigenvalue weighted by Crippen LogP contribution is -2.51. The van der Waals surface area contributed by atoms with E-state index >= 15 is 0 Å². The number of hydrogen-bond acceptors (Lipinski definition) is 5. The Labute approximate surface area is 174 Å². The third-order valence-electron chi connectivity index (χ3n) is 4.08. The number of nitrogens with one attached hydrogen (secondary N) is 1. The van der Waals surface area contributed by atoms with Crippen molar-refractivity contribution in [3.63, 3.8) is 0 Å². The molecule has 5 nitrogen and oxygen atoms in total. The standard InChI is InChI=1S/C16H15Cl3N2O3S2/c1-7(26-12-5-9(18)8(17)4-10(12)19)15(22)20-11-6-25-13-2-3-21(13)14(11)16(23)24/h4-5,7,13H,2-3,6H2,1H3,(H,20,22)(H,23,24)/t7-,13?/m0/s1. The number of halogens is 3. The lowest BCUT2D eigenvalue weighted by molar-refractivity contribution is -0.135. The van der Waals surface area contributed by atoms with Gasteiger partial charge in [0, 0.05) is 17.2 Å². The third kappa shape index (κ3) is 4.07. The molecule has 26 heavy (non-hydrogen) atoms. The van der Waals surface area contributed by atoms with Gasteiger partial charge in [0.15, 0.2) is 0 Å². The molecule has 10 heteroatoms. The number of carbonyl (C=O) groups is 2. The summed E-state index contributed by atoms with van der Waals surface area (Å²) in [5.41, 5.74) is 0.634. The first kappa shape index (κ1) is 20.0. The van der Waals surface area contributed by atoms with E-state index in [1.165, 1.54) is 17.8 Å². The number of carbonyl (C=O) groups excluding carboxylic acids is 1. The van der Waals surface area contributed by atoms with Gasteiger partial charge in [-0.3, -0.25) is 4.79 Å². The predicted octanol–water partition coefficient (Wildman–Crippen LogP) is 4.32. The second-order valence-corrected chi connectivity index (χ2v) is 9.60. The summed E-state index contributed by atoms with van der Waals surface area (Å²) in [6.45, 7) is 2.42. The molecule has 1 amide bonds. The Balaban J connectivity index is 1.73. The number of carboxylic acids is 1. The summed E-state index contributed by atoms with van der Waals surface area (Å²) in [6, 6.07) is 3.15. The summed E-state index contributed by atoms with van der Waals surface area (Å²) in [4.78, 5) is 26.6. The number of thioether (sulfide) groups is 2. The van der Waals surface area contributed by atoms with Crippen molar-refractivity contribution in [3.05, 3.63) is 38.6 Å². The quantitative estimate of drug-likeness (QED) is 0.511. The van der Waals surface area contributed by atoms with Crippen LogP contribution in [0.4, 0.5) is 0 Å². The first-order valence-electron chi connectivity index (χ1n) is 7.74. The molecule has 3 rings (SSSR count). The van der Waals surface area contributed by atoms with E-state index in [0.29, 0.717) is 38.0 Å². The first-order valence-corrected chi connectivity index (χ1v) is 10.8. The number of amides is 1. The summed E-state index contributed by atoms with van der Waals surface area (Å²) in [5.74, 6) is -0.831. The molecule has 2 N–H and O–H groups in total. The molecule has 0 radical (unpaired) electrons. The Hall–Kier alpha value is -0.730. The number of benzene rings is 1. The van der Waals surface area contributed by atoms with Crippen molar-refractivity contribution in [3.8, 4) is 0 Å². The summed E-state index contributed by atoms with van der Waals surface area (Å²) < 4.78 is 0. The second-order valence-electron chi connectivity index (χ2n) is 5.83. The molecular weight excluding hydrogens is 439 g/mol. The molecule has 0 aliphatic carbocycles. The van der Waals surface area contributed by atoms with Crippen LogP contribution in [0.2, 0.25) is 15.1 Å². The van der Waals surface area contributed by atoms with E-state index in [9.17, 15) is 14.7 Å². The molecule has 1 aromatic carbocycles. The molecule has 1 aromatic rings. The molecule has 2 heterocycles. The van der Waals surface area contributed by atoms with E-state index < -0.39 is 11.2 Å². The van der Waals surface area contributed by atoms with Gasteiger partial charge in [-0.25, -0.2) is 4.79 Å². The Morgan fingerprint density at radius 2 is 2.00 bits per heavy atom. The highest BCUT2D eigenvalue weighted by atomic mass is 35.5.